The fraction of sp³-hybridized carbons (Fsp3) is 0.190. The van der Waals surface area contributed by atoms with Crippen molar-refractivity contribution in [3.05, 3.63) is 82.1 Å². The normalized spacial score (nSPS) is 10.5. The van der Waals surface area contributed by atoms with E-state index in [0.29, 0.717) is 29.5 Å². The summed E-state index contributed by atoms with van der Waals surface area (Å²) < 4.78 is 0. The topological polar surface area (TPSA) is 66.9 Å². The third-order valence-electron chi connectivity index (χ3n) is 4.14. The summed E-state index contributed by atoms with van der Waals surface area (Å²) in [6, 6.07) is 13.7. The highest BCUT2D eigenvalue weighted by Gasteiger charge is 2.08. The van der Waals surface area contributed by atoms with Crippen molar-refractivity contribution < 1.29 is 4.79 Å². The molecule has 0 aliphatic rings. The molecule has 1 amide bonds. The van der Waals surface area contributed by atoms with Crippen LogP contribution in [0.4, 0.5) is 11.6 Å². The van der Waals surface area contributed by atoms with Crippen LogP contribution in [0.5, 0.6) is 0 Å². The van der Waals surface area contributed by atoms with Crippen LogP contribution >= 0.6 is 11.6 Å². The molecule has 3 rings (SSSR count). The quantitative estimate of drug-likeness (QED) is 0.662. The Morgan fingerprint density at radius 3 is 2.59 bits per heavy atom. The van der Waals surface area contributed by atoms with Crippen LogP contribution < -0.4 is 10.6 Å². The first-order valence-corrected chi connectivity index (χ1v) is 9.08. The molecular weight excluding hydrogens is 360 g/mol. The van der Waals surface area contributed by atoms with E-state index in [9.17, 15) is 4.79 Å². The van der Waals surface area contributed by atoms with Gasteiger partial charge in [-0.3, -0.25) is 4.79 Å². The second-order valence-corrected chi connectivity index (χ2v) is 6.81. The first kappa shape index (κ1) is 18.9. The Kier molecular flexibility index (Phi) is 6.04. The zero-order chi connectivity index (χ0) is 19.2. The van der Waals surface area contributed by atoms with E-state index in [2.05, 4.69) is 26.7 Å². The minimum Gasteiger partial charge on any atom is -0.352 e. The molecule has 0 radical (unpaired) electrons. The van der Waals surface area contributed by atoms with Crippen molar-refractivity contribution >= 4 is 29.1 Å². The van der Waals surface area contributed by atoms with Crippen molar-refractivity contribution in [3.63, 3.8) is 0 Å². The molecule has 0 bridgehead atoms. The summed E-state index contributed by atoms with van der Waals surface area (Å²) in [6.45, 7) is 4.56. The Labute approximate surface area is 163 Å². The zero-order valence-electron chi connectivity index (χ0n) is 15.3. The van der Waals surface area contributed by atoms with Gasteiger partial charge in [0.05, 0.1) is 5.56 Å². The second-order valence-electron chi connectivity index (χ2n) is 6.37. The molecule has 27 heavy (non-hydrogen) atoms. The molecule has 0 unspecified atom stereocenters. The molecule has 1 aromatic heterocycles. The van der Waals surface area contributed by atoms with Gasteiger partial charge in [-0.05, 0) is 55.2 Å². The highest BCUT2D eigenvalue weighted by Crippen LogP contribution is 2.19. The van der Waals surface area contributed by atoms with E-state index in [0.717, 1.165) is 22.4 Å². The lowest BCUT2D eigenvalue weighted by Gasteiger charge is -2.09. The van der Waals surface area contributed by atoms with E-state index in [4.69, 9.17) is 11.6 Å². The number of carbonyl (C=O) groups excluding carboxylic acids is 1. The van der Waals surface area contributed by atoms with E-state index in [-0.39, 0.29) is 5.91 Å². The maximum atomic E-state index is 12.2. The molecule has 3 aromatic rings. The molecule has 2 N–H and O–H groups in total. The molecule has 6 heteroatoms. The number of carbonyl (C=O) groups is 1. The van der Waals surface area contributed by atoms with Crippen molar-refractivity contribution in [3.8, 4) is 0 Å². The molecule has 0 fully saturated rings. The minimum atomic E-state index is -0.199. The third kappa shape index (κ3) is 5.28. The minimum absolute atomic E-state index is 0.199. The second kappa shape index (κ2) is 8.64. The van der Waals surface area contributed by atoms with Crippen LogP contribution in [0.25, 0.3) is 0 Å². The number of hydrogen-bond acceptors (Lipinski definition) is 4. The van der Waals surface area contributed by atoms with Crippen LogP contribution in [0.1, 0.15) is 27.0 Å². The summed E-state index contributed by atoms with van der Waals surface area (Å²) >= 11 is 5.96. The highest BCUT2D eigenvalue weighted by atomic mass is 35.5. The lowest BCUT2D eigenvalue weighted by molar-refractivity contribution is 0.0953. The van der Waals surface area contributed by atoms with Gasteiger partial charge in [-0.15, -0.1) is 0 Å². The van der Waals surface area contributed by atoms with Gasteiger partial charge in [0, 0.05) is 29.6 Å². The summed E-state index contributed by atoms with van der Waals surface area (Å²) in [5.74, 6) is 0.259. The van der Waals surface area contributed by atoms with Crippen LogP contribution in [-0.4, -0.2) is 22.4 Å². The molecular formula is C21H21ClN4O. The summed E-state index contributed by atoms with van der Waals surface area (Å²) in [6.07, 6.45) is 3.75. The van der Waals surface area contributed by atoms with E-state index >= 15 is 0 Å². The Morgan fingerprint density at radius 1 is 1.07 bits per heavy atom. The number of nitrogens with zero attached hydrogens (tertiary/aromatic N) is 2. The Morgan fingerprint density at radius 2 is 1.85 bits per heavy atom. The van der Waals surface area contributed by atoms with E-state index in [1.165, 1.54) is 12.4 Å². The molecule has 0 atom stereocenters. The molecule has 0 aliphatic heterocycles. The summed E-state index contributed by atoms with van der Waals surface area (Å²) in [5, 5.41) is 6.75. The van der Waals surface area contributed by atoms with E-state index in [1.54, 1.807) is 0 Å². The Balaban J connectivity index is 1.56. The van der Waals surface area contributed by atoms with Gasteiger partial charge in [-0.1, -0.05) is 35.9 Å². The Bertz CT molecular complexity index is 941. The van der Waals surface area contributed by atoms with Crippen LogP contribution in [0.2, 0.25) is 5.02 Å². The lowest BCUT2D eigenvalue weighted by Crippen LogP contribution is -2.26. The lowest BCUT2D eigenvalue weighted by atomic mass is 10.1. The molecule has 0 aliphatic carbocycles. The smallest absolute Gasteiger partial charge is 0.254 e. The first-order chi connectivity index (χ1) is 13.0. The number of benzene rings is 2. The molecule has 0 saturated heterocycles. The van der Waals surface area contributed by atoms with Gasteiger partial charge in [0.1, 0.15) is 0 Å². The number of nitrogens with one attached hydrogen (secondary N) is 2. The SMILES string of the molecule is Cc1ccc(C)c(Nc2ncc(C(=O)NCCc3cccc(Cl)c3)cn2)c1. The Hall–Kier alpha value is -2.92. The van der Waals surface area contributed by atoms with E-state index in [1.807, 2.05) is 50.2 Å². The van der Waals surface area contributed by atoms with Crippen molar-refractivity contribution in [2.24, 2.45) is 0 Å². The zero-order valence-corrected chi connectivity index (χ0v) is 16.0. The fourth-order valence-corrected chi connectivity index (χ4v) is 2.83. The van der Waals surface area contributed by atoms with Crippen LogP contribution in [-0.2, 0) is 6.42 Å². The number of rotatable bonds is 6. The predicted octanol–water partition coefficient (Wildman–Crippen LogP) is 4.46. The van der Waals surface area contributed by atoms with Crippen LogP contribution in [0, 0.1) is 13.8 Å². The van der Waals surface area contributed by atoms with Gasteiger partial charge < -0.3 is 10.6 Å². The molecule has 138 valence electrons. The predicted molar refractivity (Wildman–Crippen MR) is 109 cm³/mol. The van der Waals surface area contributed by atoms with Gasteiger partial charge in [-0.2, -0.15) is 0 Å². The number of halogens is 1. The van der Waals surface area contributed by atoms with Crippen molar-refractivity contribution in [2.75, 3.05) is 11.9 Å². The largest absolute Gasteiger partial charge is 0.352 e. The maximum Gasteiger partial charge on any atom is 0.254 e. The van der Waals surface area contributed by atoms with Gasteiger partial charge in [0.2, 0.25) is 5.95 Å². The van der Waals surface area contributed by atoms with Gasteiger partial charge in [0.15, 0.2) is 0 Å². The van der Waals surface area contributed by atoms with Crippen molar-refractivity contribution in [1.29, 1.82) is 0 Å². The fourth-order valence-electron chi connectivity index (χ4n) is 2.62. The number of aryl methyl sites for hydroxylation is 2. The molecule has 1 heterocycles. The number of hydrogen-bond donors (Lipinski definition) is 2. The van der Waals surface area contributed by atoms with Gasteiger partial charge in [-0.25, -0.2) is 9.97 Å². The maximum absolute atomic E-state index is 12.2. The summed E-state index contributed by atoms with van der Waals surface area (Å²) in [5.41, 5.74) is 4.71. The standard InChI is InChI=1S/C21H21ClN4O/c1-14-6-7-15(2)19(10-14)26-21-24-12-17(13-25-21)20(27)23-9-8-16-4-3-5-18(22)11-16/h3-7,10-13H,8-9H2,1-2H3,(H,23,27)(H,24,25,26). The average Bonchev–Trinajstić information content (AvgIpc) is 2.65. The highest BCUT2D eigenvalue weighted by molar-refractivity contribution is 6.30. The molecule has 0 spiro atoms. The third-order valence-corrected chi connectivity index (χ3v) is 4.38. The van der Waals surface area contributed by atoms with Crippen molar-refractivity contribution in [2.45, 2.75) is 20.3 Å². The molecule has 2 aromatic carbocycles. The molecule has 0 saturated carbocycles. The number of anilines is 2. The monoisotopic (exact) mass is 380 g/mol. The molecule has 5 nitrogen and oxygen atoms in total. The first-order valence-electron chi connectivity index (χ1n) is 8.70. The number of aromatic nitrogens is 2. The summed E-state index contributed by atoms with van der Waals surface area (Å²) in [7, 11) is 0. The van der Waals surface area contributed by atoms with Crippen LogP contribution in [0.3, 0.4) is 0 Å². The van der Waals surface area contributed by atoms with Gasteiger partial charge >= 0.3 is 0 Å². The van der Waals surface area contributed by atoms with E-state index < -0.39 is 0 Å². The van der Waals surface area contributed by atoms with Gasteiger partial charge in [0.25, 0.3) is 5.91 Å². The number of amides is 1. The van der Waals surface area contributed by atoms with Crippen LogP contribution in [0.15, 0.2) is 54.9 Å². The van der Waals surface area contributed by atoms with Crippen molar-refractivity contribution in [1.82, 2.24) is 15.3 Å². The summed E-state index contributed by atoms with van der Waals surface area (Å²) in [4.78, 5) is 20.7. The average molecular weight is 381 g/mol.